The number of carbonyl (C=O) groups is 1. The Morgan fingerprint density at radius 3 is 2.22 bits per heavy atom. The summed E-state index contributed by atoms with van der Waals surface area (Å²) >= 11 is 0. The highest BCUT2D eigenvalue weighted by atomic mass is 16.7. The number of allylic oxidation sites excluding steroid dienone is 1. The molecule has 0 bridgehead atoms. The summed E-state index contributed by atoms with van der Waals surface area (Å²) in [6, 6.07) is 30.8. The molecule has 7 rings (SSSR count). The van der Waals surface area contributed by atoms with E-state index in [9.17, 15) is 20.1 Å². The Morgan fingerprint density at radius 2 is 1.51 bits per heavy atom. The highest BCUT2D eigenvalue weighted by molar-refractivity contribution is 6.03. The molecular weight excluding hydrogens is 877 g/mol. The molecule has 13 nitrogen and oxygen atoms in total. The zero-order valence-corrected chi connectivity index (χ0v) is 40.2. The molecule has 6 atom stereocenters. The maximum atomic E-state index is 14.8. The van der Waals surface area contributed by atoms with Crippen LogP contribution >= 0.6 is 0 Å². The van der Waals surface area contributed by atoms with Crippen LogP contribution in [0.3, 0.4) is 0 Å². The molecule has 69 heavy (non-hydrogen) atoms. The first-order chi connectivity index (χ1) is 33.8. The Hall–Kier alpha value is -5.54. The summed E-state index contributed by atoms with van der Waals surface area (Å²) in [6.45, 7) is 9.26. The molecule has 3 aliphatic rings. The first kappa shape index (κ1) is 51.3. The smallest absolute Gasteiger partial charge is 0.410 e. The number of hydrogen-bond donors (Lipinski definition) is 3. The van der Waals surface area contributed by atoms with E-state index in [1.807, 2.05) is 84.9 Å². The lowest BCUT2D eigenvalue weighted by Gasteiger charge is -2.59. The minimum absolute atomic E-state index is 0.00973. The van der Waals surface area contributed by atoms with Crippen LogP contribution in [-0.4, -0.2) is 103 Å². The highest BCUT2D eigenvalue weighted by Gasteiger charge is 2.65. The number of hydrogen-bond acceptors (Lipinski definition) is 12. The predicted molar refractivity (Wildman–Crippen MR) is 264 cm³/mol. The van der Waals surface area contributed by atoms with E-state index in [0.717, 1.165) is 59.3 Å². The molecule has 1 fully saturated rings. The summed E-state index contributed by atoms with van der Waals surface area (Å²) in [5.74, 6) is -0.315. The van der Waals surface area contributed by atoms with Crippen LogP contribution in [0.5, 0.6) is 17.2 Å². The molecule has 1 aliphatic heterocycles. The van der Waals surface area contributed by atoms with Crippen molar-refractivity contribution in [2.45, 2.75) is 89.8 Å². The van der Waals surface area contributed by atoms with Crippen LogP contribution in [0.25, 0.3) is 0 Å². The van der Waals surface area contributed by atoms with Crippen molar-refractivity contribution in [2.75, 3.05) is 59.4 Å². The van der Waals surface area contributed by atoms with Crippen molar-refractivity contribution < 1.29 is 53.4 Å². The van der Waals surface area contributed by atoms with Gasteiger partial charge < -0.3 is 48.6 Å². The first-order valence-electron chi connectivity index (χ1n) is 24.5. The second kappa shape index (κ2) is 25.9. The number of fused-ring (bicyclic) bond motifs is 2. The molecule has 0 aromatic heterocycles. The summed E-state index contributed by atoms with van der Waals surface area (Å²) < 4.78 is 38.9. The van der Waals surface area contributed by atoms with Gasteiger partial charge in [-0.25, -0.2) is 4.79 Å². The van der Waals surface area contributed by atoms with Crippen LogP contribution in [0.1, 0.15) is 78.7 Å². The van der Waals surface area contributed by atoms with Crippen LogP contribution < -0.4 is 9.47 Å². The molecule has 0 spiro atoms. The van der Waals surface area contributed by atoms with Gasteiger partial charge >= 0.3 is 6.09 Å². The number of aryl methyl sites for hydroxylation is 2. The van der Waals surface area contributed by atoms with E-state index < -0.39 is 23.8 Å². The number of aliphatic hydroxyl groups is 3. The summed E-state index contributed by atoms with van der Waals surface area (Å²) in [4.78, 5) is 22.7. The SMILES string of the molecule is C=CCOC12Oc3ccc(Oc4ccc(C)c(C)c4)cc3C3C(CCCCO)C(CCCCO)C=C(C(=NOCc4ccccc4)CC1N(CCOCCO)C(=O)OCCOCc1ccccc1)C32. The van der Waals surface area contributed by atoms with Gasteiger partial charge in [-0.1, -0.05) is 96.9 Å². The Labute approximate surface area is 407 Å². The molecule has 6 unspecified atom stereocenters. The molecule has 1 saturated carbocycles. The van der Waals surface area contributed by atoms with Crippen molar-refractivity contribution in [3.63, 3.8) is 0 Å². The van der Waals surface area contributed by atoms with E-state index in [4.69, 9.17) is 38.4 Å². The topological polar surface area (TPSA) is 158 Å². The van der Waals surface area contributed by atoms with Crippen molar-refractivity contribution in [1.29, 1.82) is 0 Å². The average molecular weight is 947 g/mol. The molecule has 13 heteroatoms. The molecule has 1 heterocycles. The number of rotatable bonds is 27. The standard InChI is InChI=1S/C56H70N2O11/c1-4-29-66-56-52(58(25-30-63-31-28-61)55(62)65-33-32-64-38-42-15-7-5-8-16-42)37-50(57-67-39-43-17-9-6-10-18-43)48-35-44(19-11-13-26-59)47(20-12-14-27-60)53(54(48)56)49-36-46(23-24-51(49)69-56)68-45-22-21-40(2)41(3)34-45/h4-10,15-18,21-24,34-36,44,47,52-54,59-61H,1,11-14,19-20,25-33,37-39H2,2-3H3. The van der Waals surface area contributed by atoms with E-state index in [1.54, 1.807) is 11.0 Å². The van der Waals surface area contributed by atoms with E-state index in [1.165, 1.54) is 5.56 Å². The van der Waals surface area contributed by atoms with E-state index in [2.05, 4.69) is 38.6 Å². The number of aliphatic hydroxyl groups excluding tert-OH is 3. The van der Waals surface area contributed by atoms with Crippen molar-refractivity contribution in [3.8, 4) is 17.2 Å². The summed E-state index contributed by atoms with van der Waals surface area (Å²) in [5.41, 5.74) is 6.74. The predicted octanol–water partition coefficient (Wildman–Crippen LogP) is 9.59. The van der Waals surface area contributed by atoms with Gasteiger partial charge in [-0.3, -0.25) is 4.90 Å². The van der Waals surface area contributed by atoms with Crippen molar-refractivity contribution in [3.05, 3.63) is 149 Å². The van der Waals surface area contributed by atoms with E-state index in [-0.39, 0.29) is 90.2 Å². The summed E-state index contributed by atoms with van der Waals surface area (Å²) in [6.07, 6.45) is 8.01. The lowest BCUT2D eigenvalue weighted by Crippen LogP contribution is -2.70. The number of carbonyl (C=O) groups excluding carboxylic acids is 1. The number of ether oxygens (including phenoxy) is 6. The fraction of sp³-hybridized carbons (Fsp3) is 0.464. The zero-order chi connectivity index (χ0) is 48.4. The van der Waals surface area contributed by atoms with Gasteiger partial charge in [-0.15, -0.1) is 6.58 Å². The molecule has 2 aliphatic carbocycles. The van der Waals surface area contributed by atoms with Crippen LogP contribution in [0.4, 0.5) is 4.79 Å². The van der Waals surface area contributed by atoms with Gasteiger partial charge in [-0.05, 0) is 110 Å². The molecular formula is C56H70N2O11. The van der Waals surface area contributed by atoms with Gasteiger partial charge in [0.05, 0.1) is 51.3 Å². The van der Waals surface area contributed by atoms with Crippen molar-refractivity contribution in [1.82, 2.24) is 4.90 Å². The molecule has 1 amide bonds. The lowest BCUT2D eigenvalue weighted by atomic mass is 9.55. The minimum atomic E-state index is -1.52. The number of unbranched alkanes of at least 4 members (excludes halogenated alkanes) is 2. The maximum absolute atomic E-state index is 14.8. The third-order valence-corrected chi connectivity index (χ3v) is 13.5. The van der Waals surface area contributed by atoms with Crippen molar-refractivity contribution >= 4 is 11.8 Å². The Balaban J connectivity index is 1.37. The molecule has 370 valence electrons. The monoisotopic (exact) mass is 946 g/mol. The number of nitrogens with zero attached hydrogens (tertiary/aromatic N) is 2. The fourth-order valence-electron chi connectivity index (χ4n) is 10.1. The highest BCUT2D eigenvalue weighted by Crippen LogP contribution is 2.62. The second-order valence-corrected chi connectivity index (χ2v) is 18.1. The number of amides is 1. The molecule has 4 aromatic rings. The fourth-order valence-corrected chi connectivity index (χ4v) is 10.1. The Morgan fingerprint density at radius 1 is 0.797 bits per heavy atom. The van der Waals surface area contributed by atoms with Gasteiger partial charge in [0, 0.05) is 37.7 Å². The van der Waals surface area contributed by atoms with Crippen LogP contribution in [0.2, 0.25) is 0 Å². The summed E-state index contributed by atoms with van der Waals surface area (Å²) in [7, 11) is 0. The summed E-state index contributed by atoms with van der Waals surface area (Å²) in [5, 5.41) is 34.7. The van der Waals surface area contributed by atoms with Gasteiger partial charge in [-0.2, -0.15) is 0 Å². The van der Waals surface area contributed by atoms with Gasteiger partial charge in [0.1, 0.15) is 36.5 Å². The number of benzene rings is 4. The Kier molecular flexibility index (Phi) is 19.3. The van der Waals surface area contributed by atoms with E-state index >= 15 is 0 Å². The Bertz CT molecular complexity index is 2310. The average Bonchev–Trinajstić information content (AvgIpc) is 3.36. The maximum Gasteiger partial charge on any atom is 0.410 e. The normalized spacial score (nSPS) is 21.9. The zero-order valence-electron chi connectivity index (χ0n) is 40.2. The molecule has 0 saturated heterocycles. The first-order valence-corrected chi connectivity index (χ1v) is 24.5. The van der Waals surface area contributed by atoms with Gasteiger partial charge in [0.25, 0.3) is 0 Å². The third-order valence-electron chi connectivity index (χ3n) is 13.5. The van der Waals surface area contributed by atoms with Crippen LogP contribution in [0.15, 0.2) is 127 Å². The molecule has 0 radical (unpaired) electrons. The van der Waals surface area contributed by atoms with Gasteiger partial charge in [0.2, 0.25) is 5.79 Å². The quantitative estimate of drug-likeness (QED) is 0.0297. The van der Waals surface area contributed by atoms with E-state index in [0.29, 0.717) is 36.7 Å². The lowest BCUT2D eigenvalue weighted by molar-refractivity contribution is -0.256. The molecule has 3 N–H and O–H groups in total. The largest absolute Gasteiger partial charge is 0.459 e. The van der Waals surface area contributed by atoms with Crippen molar-refractivity contribution in [2.24, 2.45) is 22.9 Å². The minimum Gasteiger partial charge on any atom is -0.459 e. The van der Waals surface area contributed by atoms with Gasteiger partial charge in [0.15, 0.2) is 0 Å². The van der Waals surface area contributed by atoms with Crippen LogP contribution in [0, 0.1) is 31.6 Å². The third kappa shape index (κ3) is 13.0. The van der Waals surface area contributed by atoms with Crippen LogP contribution in [-0.2, 0) is 37.0 Å². The second-order valence-electron chi connectivity index (χ2n) is 18.1. The number of oxime groups is 1. The molecule has 4 aromatic carbocycles.